The molecule has 0 N–H and O–H groups in total. The maximum absolute atomic E-state index is 4.76. The molecule has 0 bridgehead atoms. The van der Waals surface area contributed by atoms with Crippen molar-refractivity contribution in [3.05, 3.63) is 179 Å². The van der Waals surface area contributed by atoms with Crippen LogP contribution in [0.5, 0.6) is 0 Å². The van der Waals surface area contributed by atoms with E-state index in [4.69, 9.17) is 30.7 Å². The summed E-state index contributed by atoms with van der Waals surface area (Å²) in [7, 11) is 0. The first-order valence-electron chi connectivity index (χ1n) is 16.5. The van der Waals surface area contributed by atoms with Crippen LogP contribution in [-0.2, 0) is 38.5 Å². The summed E-state index contributed by atoms with van der Waals surface area (Å²) >= 11 is 0. The van der Waals surface area contributed by atoms with E-state index < -0.39 is 0 Å². The van der Waals surface area contributed by atoms with Crippen molar-refractivity contribution in [2.75, 3.05) is 0 Å². The van der Waals surface area contributed by atoms with Crippen LogP contribution < -0.4 is 0 Å². The lowest BCUT2D eigenvalue weighted by Gasteiger charge is -2.10. The van der Waals surface area contributed by atoms with Gasteiger partial charge < -0.3 is 0 Å². The highest BCUT2D eigenvalue weighted by atomic mass is 15.1. The van der Waals surface area contributed by atoms with Crippen molar-refractivity contribution in [3.8, 4) is 0 Å². The molecule has 0 aliphatic carbocycles. The summed E-state index contributed by atoms with van der Waals surface area (Å²) in [5, 5.41) is 28.5. The maximum atomic E-state index is 4.76. The normalized spacial score (nSPS) is 13.5. The lowest BCUT2D eigenvalue weighted by molar-refractivity contribution is 0.936. The number of rotatable bonds is 0. The lowest BCUT2D eigenvalue weighted by Crippen LogP contribution is -1.94. The zero-order valence-electron chi connectivity index (χ0n) is 26.8. The molecule has 6 aromatic rings. The van der Waals surface area contributed by atoms with Crippen LogP contribution in [-0.4, -0.2) is 0 Å². The summed E-state index contributed by atoms with van der Waals surface area (Å²) in [4.78, 5) is 0. The van der Waals surface area contributed by atoms with Gasteiger partial charge >= 0.3 is 0 Å². The molecule has 0 unspecified atom stereocenters. The average molecular weight is 625 g/mol. The van der Waals surface area contributed by atoms with Gasteiger partial charge in [0.2, 0.25) is 0 Å². The summed E-state index contributed by atoms with van der Waals surface area (Å²) in [5.41, 5.74) is 12.1. The molecule has 0 saturated heterocycles. The van der Waals surface area contributed by atoms with E-state index in [1.165, 1.54) is 0 Å². The third-order valence-corrected chi connectivity index (χ3v) is 8.74. The van der Waals surface area contributed by atoms with Crippen molar-refractivity contribution in [1.29, 1.82) is 0 Å². The van der Waals surface area contributed by atoms with Gasteiger partial charge in [0.25, 0.3) is 0 Å². The lowest BCUT2D eigenvalue weighted by atomic mass is 10.0. The van der Waals surface area contributed by atoms with Crippen molar-refractivity contribution in [2.45, 2.75) is 38.5 Å². The Morgan fingerprint density at radius 1 is 0.208 bits per heavy atom. The Kier molecular flexibility index (Phi) is 9.70. The Bertz CT molecular complexity index is 1720. The van der Waals surface area contributed by atoms with Crippen molar-refractivity contribution in [1.82, 2.24) is 0 Å². The maximum Gasteiger partial charge on any atom is 0.0889 e. The number of aryl methyl sites for hydroxylation is 6. The highest BCUT2D eigenvalue weighted by Gasteiger charge is 2.10. The van der Waals surface area contributed by atoms with Gasteiger partial charge in [0.15, 0.2) is 0 Å². The predicted molar refractivity (Wildman–Crippen MR) is 193 cm³/mol. The first-order valence-corrected chi connectivity index (χ1v) is 16.5. The topological polar surface area (TPSA) is 74.2 Å². The fourth-order valence-electron chi connectivity index (χ4n) is 6.05. The fourth-order valence-corrected chi connectivity index (χ4v) is 6.05. The van der Waals surface area contributed by atoms with Gasteiger partial charge in [-0.1, -0.05) is 109 Å². The Morgan fingerprint density at radius 2 is 0.354 bits per heavy atom. The van der Waals surface area contributed by atoms with Crippen molar-refractivity contribution < 1.29 is 0 Å². The first-order chi connectivity index (χ1) is 23.8. The second kappa shape index (κ2) is 15.1. The number of hydrogen-bond donors (Lipinski definition) is 0. The van der Waals surface area contributed by atoms with E-state index in [-0.39, 0.29) is 0 Å². The molecule has 6 nitrogen and oxygen atoms in total. The van der Waals surface area contributed by atoms with Gasteiger partial charge in [-0.25, -0.2) is 0 Å². The average Bonchev–Trinajstić information content (AvgIpc) is 3.14. The molecule has 1 heterocycles. The van der Waals surface area contributed by atoms with Crippen LogP contribution in [0.1, 0.15) is 33.4 Å². The second-order valence-electron chi connectivity index (χ2n) is 11.9. The van der Waals surface area contributed by atoms with Crippen LogP contribution >= 0.6 is 0 Å². The SMILES string of the molecule is c1ccc2c(c1)CCc1ccccc1N=Nc1ccccc1CCc1ccccc1N=Nc1ccccc1CCc1ccccc1N=N2. The quantitative estimate of drug-likeness (QED) is 0.161. The van der Waals surface area contributed by atoms with Gasteiger partial charge in [0.05, 0.1) is 34.1 Å². The van der Waals surface area contributed by atoms with E-state index in [0.717, 1.165) is 106 Å². The molecule has 0 fully saturated rings. The van der Waals surface area contributed by atoms with E-state index in [1.807, 2.05) is 72.8 Å². The van der Waals surface area contributed by atoms with Crippen LogP contribution in [0.3, 0.4) is 0 Å². The molecule has 0 aromatic heterocycles. The highest BCUT2D eigenvalue weighted by Crippen LogP contribution is 2.32. The third-order valence-electron chi connectivity index (χ3n) is 8.74. The van der Waals surface area contributed by atoms with Crippen molar-refractivity contribution in [2.24, 2.45) is 30.7 Å². The zero-order chi connectivity index (χ0) is 32.4. The van der Waals surface area contributed by atoms with Crippen LogP contribution in [0, 0.1) is 0 Å². The van der Waals surface area contributed by atoms with E-state index in [2.05, 4.69) is 72.8 Å². The smallest absolute Gasteiger partial charge is 0.0889 e. The molecule has 6 aromatic carbocycles. The van der Waals surface area contributed by atoms with Gasteiger partial charge in [-0.15, -0.1) is 0 Å². The zero-order valence-corrected chi connectivity index (χ0v) is 26.8. The fraction of sp³-hybridized carbons (Fsp3) is 0.143. The summed E-state index contributed by atoms with van der Waals surface area (Å²) in [6.07, 6.45) is 4.86. The highest BCUT2D eigenvalue weighted by molar-refractivity contribution is 5.54. The third kappa shape index (κ3) is 7.56. The Hall–Kier alpha value is -5.88. The Balaban J connectivity index is 1.27. The molecule has 0 saturated carbocycles. The molecule has 1 aliphatic rings. The molecule has 0 atom stereocenters. The molecule has 7 rings (SSSR count). The molecule has 1 aliphatic heterocycles. The number of azo groups is 3. The molecule has 6 heteroatoms. The van der Waals surface area contributed by atoms with E-state index >= 15 is 0 Å². The molecule has 0 amide bonds. The summed E-state index contributed by atoms with van der Waals surface area (Å²) < 4.78 is 0. The molecular weight excluding hydrogens is 589 g/mol. The minimum absolute atomic E-state index is 0.810. The molecule has 48 heavy (non-hydrogen) atoms. The van der Waals surface area contributed by atoms with Gasteiger partial charge in [0.1, 0.15) is 0 Å². The van der Waals surface area contributed by atoms with Crippen molar-refractivity contribution >= 4 is 34.1 Å². The van der Waals surface area contributed by atoms with Crippen LogP contribution in [0.25, 0.3) is 0 Å². The monoisotopic (exact) mass is 624 g/mol. The van der Waals surface area contributed by atoms with Gasteiger partial charge in [-0.05, 0) is 108 Å². The van der Waals surface area contributed by atoms with Gasteiger partial charge in [-0.2, -0.15) is 30.7 Å². The Morgan fingerprint density at radius 3 is 0.521 bits per heavy atom. The minimum atomic E-state index is 0.810. The van der Waals surface area contributed by atoms with Gasteiger partial charge in [-0.3, -0.25) is 0 Å². The Labute approximate surface area is 281 Å². The van der Waals surface area contributed by atoms with E-state index in [9.17, 15) is 0 Å². The van der Waals surface area contributed by atoms with E-state index in [1.54, 1.807) is 0 Å². The number of fused-ring (bicyclic) bond motifs is 6. The minimum Gasteiger partial charge on any atom is -0.150 e. The van der Waals surface area contributed by atoms with Crippen LogP contribution in [0.4, 0.5) is 34.1 Å². The predicted octanol–water partition coefficient (Wildman–Crippen LogP) is 12.6. The second-order valence-corrected chi connectivity index (χ2v) is 11.9. The largest absolute Gasteiger partial charge is 0.150 e. The van der Waals surface area contributed by atoms with Crippen molar-refractivity contribution in [3.63, 3.8) is 0 Å². The van der Waals surface area contributed by atoms with Gasteiger partial charge in [0, 0.05) is 0 Å². The first kappa shape index (κ1) is 30.8. The number of benzene rings is 6. The summed E-state index contributed by atoms with van der Waals surface area (Å²) in [6, 6.07) is 49.5. The molecule has 0 spiro atoms. The number of hydrogen-bond acceptors (Lipinski definition) is 6. The number of nitrogens with zero attached hydrogens (tertiary/aromatic N) is 6. The van der Waals surface area contributed by atoms with Crippen LogP contribution in [0.2, 0.25) is 0 Å². The van der Waals surface area contributed by atoms with E-state index in [0.29, 0.717) is 0 Å². The molecule has 0 radical (unpaired) electrons. The van der Waals surface area contributed by atoms with Crippen LogP contribution in [0.15, 0.2) is 176 Å². The molecule has 234 valence electrons. The molecular formula is C42H36N6. The summed E-state index contributed by atoms with van der Waals surface area (Å²) in [5.74, 6) is 0. The standard InChI is InChI=1S/C42H36N6/c1-7-19-37-31(13-1)25-26-32-14-2-8-20-38(32)45-46-40-22-10-4-17-35(40)29-30-36-18-6-12-24-42(36)48-47-41-23-11-5-16-34(41)28-27-33-15-3-9-21-39(33)44-43-37/h1-24H,25-30H2. The summed E-state index contributed by atoms with van der Waals surface area (Å²) in [6.45, 7) is 0.